The van der Waals surface area contributed by atoms with Crippen molar-refractivity contribution in [1.82, 2.24) is 4.98 Å². The van der Waals surface area contributed by atoms with Crippen molar-refractivity contribution in [3.8, 4) is 0 Å². The van der Waals surface area contributed by atoms with Crippen LogP contribution in [0.3, 0.4) is 0 Å². The normalized spacial score (nSPS) is 18.7. The second-order valence-corrected chi connectivity index (χ2v) is 4.93. The number of aliphatic hydroxyl groups excluding tert-OH is 1. The fraction of sp³-hybridized carbons (Fsp3) is 0.667. The van der Waals surface area contributed by atoms with E-state index in [1.165, 1.54) is 4.88 Å². The molecule has 4 heteroatoms. The molecule has 1 aromatic rings. The third-order valence-corrected chi connectivity index (χ3v) is 3.55. The van der Waals surface area contributed by atoms with Gasteiger partial charge in [0.05, 0.1) is 17.8 Å². The van der Waals surface area contributed by atoms with Crippen molar-refractivity contribution >= 4 is 16.5 Å². The molecule has 1 aliphatic carbocycles. The number of thiazole rings is 1. The van der Waals surface area contributed by atoms with E-state index in [0.29, 0.717) is 0 Å². The second-order valence-electron chi connectivity index (χ2n) is 3.72. The maximum atomic E-state index is 9.11. The number of aryl methyl sites for hydroxylation is 2. The summed E-state index contributed by atoms with van der Waals surface area (Å²) in [4.78, 5) is 5.63. The van der Waals surface area contributed by atoms with Crippen molar-refractivity contribution in [1.29, 1.82) is 0 Å². The minimum atomic E-state index is -0.0449. The molecule has 1 fully saturated rings. The Kier molecular flexibility index (Phi) is 2.04. The van der Waals surface area contributed by atoms with Crippen LogP contribution < -0.4 is 5.32 Å². The largest absolute Gasteiger partial charge is 0.394 e. The molecule has 13 heavy (non-hydrogen) atoms. The average Bonchev–Trinajstić information content (AvgIpc) is 2.78. The van der Waals surface area contributed by atoms with Gasteiger partial charge in [-0.05, 0) is 26.7 Å². The fourth-order valence-electron chi connectivity index (χ4n) is 1.23. The smallest absolute Gasteiger partial charge is 0.183 e. The Morgan fingerprint density at radius 3 is 2.62 bits per heavy atom. The lowest BCUT2D eigenvalue weighted by atomic mass is 10.3. The number of nitrogens with one attached hydrogen (secondary N) is 1. The standard InChI is InChI=1S/C9H14N2OS/c1-6-7(2)13-8(10-6)11-9(5-12)3-4-9/h12H,3-5H2,1-2H3,(H,10,11). The zero-order chi connectivity index (χ0) is 9.47. The molecule has 1 saturated carbocycles. The highest BCUT2D eigenvalue weighted by molar-refractivity contribution is 7.15. The van der Waals surface area contributed by atoms with E-state index in [0.717, 1.165) is 23.7 Å². The van der Waals surface area contributed by atoms with E-state index in [4.69, 9.17) is 5.11 Å². The van der Waals surface area contributed by atoms with Crippen molar-refractivity contribution in [2.24, 2.45) is 0 Å². The minimum absolute atomic E-state index is 0.0449. The third-order valence-electron chi connectivity index (χ3n) is 2.56. The van der Waals surface area contributed by atoms with Gasteiger partial charge >= 0.3 is 0 Å². The van der Waals surface area contributed by atoms with Crippen LogP contribution in [-0.4, -0.2) is 22.2 Å². The van der Waals surface area contributed by atoms with Crippen molar-refractivity contribution in [2.75, 3.05) is 11.9 Å². The van der Waals surface area contributed by atoms with Gasteiger partial charge in [0.1, 0.15) is 0 Å². The molecule has 1 heterocycles. The van der Waals surface area contributed by atoms with Crippen molar-refractivity contribution < 1.29 is 5.11 Å². The zero-order valence-corrected chi connectivity index (χ0v) is 8.74. The van der Waals surface area contributed by atoms with E-state index in [9.17, 15) is 0 Å². The zero-order valence-electron chi connectivity index (χ0n) is 7.92. The number of hydrogen-bond acceptors (Lipinski definition) is 4. The van der Waals surface area contributed by atoms with Crippen LogP contribution in [0.15, 0.2) is 0 Å². The number of nitrogens with zero attached hydrogens (tertiary/aromatic N) is 1. The summed E-state index contributed by atoms with van der Waals surface area (Å²) in [6.45, 7) is 4.29. The first kappa shape index (κ1) is 8.97. The molecule has 3 nitrogen and oxygen atoms in total. The Balaban J connectivity index is 2.10. The van der Waals surface area contributed by atoms with Gasteiger partial charge in [-0.15, -0.1) is 11.3 Å². The van der Waals surface area contributed by atoms with Crippen LogP contribution in [-0.2, 0) is 0 Å². The van der Waals surface area contributed by atoms with E-state index in [1.54, 1.807) is 11.3 Å². The van der Waals surface area contributed by atoms with Crippen LogP contribution in [0.2, 0.25) is 0 Å². The van der Waals surface area contributed by atoms with Crippen LogP contribution in [0.5, 0.6) is 0 Å². The number of rotatable bonds is 3. The predicted octanol–water partition coefficient (Wildman–Crippen LogP) is 1.70. The molecule has 0 amide bonds. The van der Waals surface area contributed by atoms with E-state index in [2.05, 4.69) is 17.2 Å². The number of hydrogen-bond donors (Lipinski definition) is 2. The van der Waals surface area contributed by atoms with Crippen molar-refractivity contribution in [3.05, 3.63) is 10.6 Å². The lowest BCUT2D eigenvalue weighted by Gasteiger charge is -2.12. The highest BCUT2D eigenvalue weighted by atomic mass is 32.1. The van der Waals surface area contributed by atoms with Gasteiger partial charge in [0.15, 0.2) is 5.13 Å². The van der Waals surface area contributed by atoms with Crippen molar-refractivity contribution in [2.45, 2.75) is 32.2 Å². The van der Waals surface area contributed by atoms with E-state index in [1.807, 2.05) is 6.92 Å². The molecule has 72 valence electrons. The molecule has 0 spiro atoms. The van der Waals surface area contributed by atoms with Crippen LogP contribution >= 0.6 is 11.3 Å². The summed E-state index contributed by atoms with van der Waals surface area (Å²) in [5.41, 5.74) is 1.04. The first-order valence-corrected chi connectivity index (χ1v) is 5.30. The molecule has 0 radical (unpaired) electrons. The lowest BCUT2D eigenvalue weighted by molar-refractivity contribution is 0.266. The Hall–Kier alpha value is -0.610. The topological polar surface area (TPSA) is 45.2 Å². The summed E-state index contributed by atoms with van der Waals surface area (Å²) >= 11 is 1.66. The second kappa shape index (κ2) is 2.96. The third kappa shape index (κ3) is 1.69. The average molecular weight is 198 g/mol. The summed E-state index contributed by atoms with van der Waals surface area (Å²) in [7, 11) is 0. The monoisotopic (exact) mass is 198 g/mol. The molecule has 0 aromatic carbocycles. The fourth-order valence-corrected chi connectivity index (χ4v) is 2.16. The van der Waals surface area contributed by atoms with Crippen LogP contribution in [0, 0.1) is 13.8 Å². The Labute approximate surface area is 81.8 Å². The van der Waals surface area contributed by atoms with Crippen molar-refractivity contribution in [3.63, 3.8) is 0 Å². The van der Waals surface area contributed by atoms with Gasteiger partial charge in [0.2, 0.25) is 0 Å². The molecule has 0 bridgehead atoms. The molecule has 0 unspecified atom stereocenters. The first-order valence-electron chi connectivity index (χ1n) is 4.48. The summed E-state index contributed by atoms with van der Waals surface area (Å²) in [5.74, 6) is 0. The summed E-state index contributed by atoms with van der Waals surface area (Å²) in [5, 5.41) is 13.4. The van der Waals surface area contributed by atoms with E-state index < -0.39 is 0 Å². The highest BCUT2D eigenvalue weighted by Gasteiger charge is 2.42. The van der Waals surface area contributed by atoms with E-state index in [-0.39, 0.29) is 12.1 Å². The number of anilines is 1. The molecule has 2 N–H and O–H groups in total. The molecule has 1 aliphatic rings. The van der Waals surface area contributed by atoms with Gasteiger partial charge in [-0.1, -0.05) is 0 Å². The first-order chi connectivity index (χ1) is 6.15. The van der Waals surface area contributed by atoms with Gasteiger partial charge < -0.3 is 10.4 Å². The summed E-state index contributed by atoms with van der Waals surface area (Å²) < 4.78 is 0. The van der Waals surface area contributed by atoms with Crippen LogP contribution in [0.25, 0.3) is 0 Å². The Morgan fingerprint density at radius 1 is 1.54 bits per heavy atom. The molecular formula is C9H14N2OS. The van der Waals surface area contributed by atoms with Gasteiger partial charge in [-0.3, -0.25) is 0 Å². The Morgan fingerprint density at radius 2 is 2.23 bits per heavy atom. The predicted molar refractivity (Wildman–Crippen MR) is 54.3 cm³/mol. The van der Waals surface area contributed by atoms with Gasteiger partial charge in [0.25, 0.3) is 0 Å². The maximum absolute atomic E-state index is 9.11. The molecule has 1 aromatic heterocycles. The quantitative estimate of drug-likeness (QED) is 0.777. The molecule has 0 atom stereocenters. The van der Waals surface area contributed by atoms with Gasteiger partial charge in [-0.2, -0.15) is 0 Å². The molecule has 2 rings (SSSR count). The number of aromatic nitrogens is 1. The molecular weight excluding hydrogens is 184 g/mol. The highest BCUT2D eigenvalue weighted by Crippen LogP contribution is 2.39. The molecule has 0 aliphatic heterocycles. The SMILES string of the molecule is Cc1nc(NC2(CO)CC2)sc1C. The maximum Gasteiger partial charge on any atom is 0.183 e. The van der Waals surface area contributed by atoms with Crippen LogP contribution in [0.1, 0.15) is 23.4 Å². The van der Waals surface area contributed by atoms with Gasteiger partial charge in [-0.25, -0.2) is 4.98 Å². The summed E-state index contributed by atoms with van der Waals surface area (Å²) in [6.07, 6.45) is 2.11. The summed E-state index contributed by atoms with van der Waals surface area (Å²) in [6, 6.07) is 0. The minimum Gasteiger partial charge on any atom is -0.394 e. The lowest BCUT2D eigenvalue weighted by Crippen LogP contribution is -2.25. The van der Waals surface area contributed by atoms with Gasteiger partial charge in [0, 0.05) is 4.88 Å². The Bertz CT molecular complexity index is 298. The number of aliphatic hydroxyl groups is 1. The van der Waals surface area contributed by atoms with Crippen LogP contribution in [0.4, 0.5) is 5.13 Å². The van der Waals surface area contributed by atoms with E-state index >= 15 is 0 Å². The molecule has 0 saturated heterocycles.